The Morgan fingerprint density at radius 1 is 1.00 bits per heavy atom. The van der Waals surface area contributed by atoms with E-state index >= 15 is 0 Å². The molecule has 0 bridgehead atoms. The number of hydrogen-bond donors (Lipinski definition) is 0. The molecule has 5 rings (SSSR count). The van der Waals surface area contributed by atoms with Gasteiger partial charge in [-0.05, 0) is 84.7 Å². The first-order valence-electron chi connectivity index (χ1n) is 14.0. The normalized spacial score (nSPS) is 21.1. The summed E-state index contributed by atoms with van der Waals surface area (Å²) < 4.78 is 0. The molecule has 3 aliphatic rings. The fourth-order valence-electron chi connectivity index (χ4n) is 6.53. The van der Waals surface area contributed by atoms with Crippen molar-refractivity contribution in [1.82, 2.24) is 14.8 Å². The van der Waals surface area contributed by atoms with Crippen molar-refractivity contribution in [2.75, 3.05) is 38.1 Å². The van der Waals surface area contributed by atoms with Gasteiger partial charge in [0.25, 0.3) is 5.91 Å². The zero-order valence-corrected chi connectivity index (χ0v) is 23.0. The van der Waals surface area contributed by atoms with Gasteiger partial charge in [-0.2, -0.15) is 0 Å². The van der Waals surface area contributed by atoms with Crippen LogP contribution in [0.4, 0.5) is 5.69 Å². The van der Waals surface area contributed by atoms with Crippen LogP contribution in [-0.4, -0.2) is 59.8 Å². The van der Waals surface area contributed by atoms with Crippen molar-refractivity contribution in [3.05, 3.63) is 59.4 Å². The van der Waals surface area contributed by atoms with Crippen LogP contribution < -0.4 is 4.90 Å². The molecule has 0 N–H and O–H groups in total. The highest BCUT2D eigenvalue weighted by Gasteiger charge is 2.39. The quantitative estimate of drug-likeness (QED) is 0.555. The molecular weight excluding hydrogens is 460 g/mol. The molecule has 1 unspecified atom stereocenters. The molecule has 2 aromatic rings. The van der Waals surface area contributed by atoms with Crippen LogP contribution in [0.1, 0.15) is 86.8 Å². The Morgan fingerprint density at radius 2 is 1.65 bits per heavy atom. The number of nitrogens with zero attached hydrogens (tertiary/aromatic N) is 4. The lowest BCUT2D eigenvalue weighted by Crippen LogP contribution is -2.48. The maximum Gasteiger partial charge on any atom is 0.253 e. The minimum atomic E-state index is -0.0359. The van der Waals surface area contributed by atoms with Gasteiger partial charge in [-0.25, -0.2) is 0 Å². The Labute approximate surface area is 222 Å². The molecule has 6 heteroatoms. The number of rotatable bonds is 4. The van der Waals surface area contributed by atoms with Gasteiger partial charge in [0.1, 0.15) is 0 Å². The summed E-state index contributed by atoms with van der Waals surface area (Å²) in [5.74, 6) is 0.319. The lowest BCUT2D eigenvalue weighted by atomic mass is 9.71. The molecule has 1 aromatic carbocycles. The van der Waals surface area contributed by atoms with E-state index in [4.69, 9.17) is 0 Å². The van der Waals surface area contributed by atoms with Crippen molar-refractivity contribution < 1.29 is 9.59 Å². The average molecular weight is 503 g/mol. The highest BCUT2D eigenvalue weighted by atomic mass is 16.2. The number of fused-ring (bicyclic) bond motifs is 1. The molecule has 2 amide bonds. The fraction of sp³-hybridized carbons (Fsp3) is 0.581. The molecule has 2 saturated heterocycles. The largest absolute Gasteiger partial charge is 0.371 e. The fourth-order valence-corrected chi connectivity index (χ4v) is 6.53. The summed E-state index contributed by atoms with van der Waals surface area (Å²) in [6, 6.07) is 10.4. The van der Waals surface area contributed by atoms with Crippen molar-refractivity contribution in [2.45, 2.75) is 71.8 Å². The second kappa shape index (κ2) is 10.1. The molecule has 0 radical (unpaired) electrons. The van der Waals surface area contributed by atoms with E-state index in [1.807, 2.05) is 30.4 Å². The van der Waals surface area contributed by atoms with Crippen LogP contribution in [0.15, 0.2) is 42.7 Å². The minimum Gasteiger partial charge on any atom is -0.371 e. The van der Waals surface area contributed by atoms with Crippen LogP contribution in [0, 0.1) is 10.8 Å². The summed E-state index contributed by atoms with van der Waals surface area (Å²) in [7, 11) is 1.92. The summed E-state index contributed by atoms with van der Waals surface area (Å²) in [6.07, 6.45) is 10.7. The smallest absolute Gasteiger partial charge is 0.253 e. The van der Waals surface area contributed by atoms with E-state index < -0.39 is 0 Å². The molecule has 3 heterocycles. The zero-order valence-electron chi connectivity index (χ0n) is 23.0. The van der Waals surface area contributed by atoms with Gasteiger partial charge in [0.05, 0.1) is 6.04 Å². The van der Waals surface area contributed by atoms with Crippen molar-refractivity contribution in [3.8, 4) is 0 Å². The average Bonchev–Trinajstić information content (AvgIpc) is 3.31. The summed E-state index contributed by atoms with van der Waals surface area (Å²) in [5.41, 5.74) is 4.79. The Morgan fingerprint density at radius 3 is 2.30 bits per heavy atom. The molecule has 1 aliphatic carbocycles. The van der Waals surface area contributed by atoms with Crippen molar-refractivity contribution in [1.29, 1.82) is 0 Å². The highest BCUT2D eigenvalue weighted by molar-refractivity contribution is 5.94. The van der Waals surface area contributed by atoms with Gasteiger partial charge < -0.3 is 14.7 Å². The Balaban J connectivity index is 1.20. The molecule has 37 heavy (non-hydrogen) atoms. The maximum atomic E-state index is 13.5. The molecule has 2 fully saturated rings. The number of benzene rings is 1. The first-order valence-corrected chi connectivity index (χ1v) is 14.0. The summed E-state index contributed by atoms with van der Waals surface area (Å²) in [6.45, 7) is 10.1. The highest BCUT2D eigenvalue weighted by Crippen LogP contribution is 2.43. The monoisotopic (exact) mass is 502 g/mol. The Hall–Kier alpha value is -2.89. The number of piperidine rings is 2. The number of pyridine rings is 1. The second-order valence-electron chi connectivity index (χ2n) is 12.7. The van der Waals surface area contributed by atoms with Gasteiger partial charge in [-0.1, -0.05) is 26.8 Å². The first-order chi connectivity index (χ1) is 17.6. The van der Waals surface area contributed by atoms with E-state index in [1.165, 1.54) is 24.1 Å². The molecule has 1 spiro atoms. The third-order valence-electron chi connectivity index (χ3n) is 8.94. The third-order valence-corrected chi connectivity index (χ3v) is 8.94. The van der Waals surface area contributed by atoms with Crippen molar-refractivity contribution in [2.24, 2.45) is 10.8 Å². The van der Waals surface area contributed by atoms with Crippen LogP contribution >= 0.6 is 0 Å². The number of likely N-dealkylation sites (tertiary alicyclic amines) is 1. The van der Waals surface area contributed by atoms with E-state index in [0.29, 0.717) is 11.8 Å². The summed E-state index contributed by atoms with van der Waals surface area (Å²) in [4.78, 5) is 37.0. The van der Waals surface area contributed by atoms with Crippen molar-refractivity contribution in [3.63, 3.8) is 0 Å². The van der Waals surface area contributed by atoms with Gasteiger partial charge >= 0.3 is 0 Å². The van der Waals surface area contributed by atoms with Crippen LogP contribution in [-0.2, 0) is 11.2 Å². The number of hydrogen-bond acceptors (Lipinski definition) is 4. The predicted molar refractivity (Wildman–Crippen MR) is 148 cm³/mol. The third kappa shape index (κ3) is 5.53. The Bertz CT molecular complexity index is 1120. The first kappa shape index (κ1) is 25.7. The second-order valence-corrected chi connectivity index (χ2v) is 12.7. The topological polar surface area (TPSA) is 56.8 Å². The molecule has 6 nitrogen and oxygen atoms in total. The van der Waals surface area contributed by atoms with Gasteiger partial charge in [0.15, 0.2) is 0 Å². The minimum absolute atomic E-state index is 0.0359. The maximum absolute atomic E-state index is 13.5. The van der Waals surface area contributed by atoms with Crippen molar-refractivity contribution >= 4 is 17.5 Å². The van der Waals surface area contributed by atoms with E-state index in [-0.39, 0.29) is 23.3 Å². The van der Waals surface area contributed by atoms with Gasteiger partial charge in [0.2, 0.25) is 5.91 Å². The summed E-state index contributed by atoms with van der Waals surface area (Å²) in [5, 5.41) is 0. The number of amides is 2. The molecule has 1 atom stereocenters. The molecule has 198 valence electrons. The van der Waals surface area contributed by atoms with Gasteiger partial charge in [0, 0.05) is 63.3 Å². The summed E-state index contributed by atoms with van der Waals surface area (Å²) >= 11 is 0. The van der Waals surface area contributed by atoms with Crippen LogP contribution in [0.5, 0.6) is 0 Å². The van der Waals surface area contributed by atoms with Gasteiger partial charge in [-0.15, -0.1) is 0 Å². The Kier molecular flexibility index (Phi) is 7.03. The standard InChI is InChI=1S/C31H42N4O2/c1-30(2,3)22-28(36)33(4)27-8-7-23-5-6-24(21-26(23)27)29(37)35-19-13-31(14-20-35)11-17-34(18-12-31)25-9-15-32-16-10-25/h5-6,9-10,15-16,21,27H,7-8,11-14,17-20,22H2,1-4H3. The zero-order chi connectivity index (χ0) is 26.2. The molecule has 0 saturated carbocycles. The number of aromatic nitrogens is 1. The van der Waals surface area contributed by atoms with Crippen LogP contribution in [0.25, 0.3) is 0 Å². The van der Waals surface area contributed by atoms with E-state index in [1.54, 1.807) is 0 Å². The number of aryl methyl sites for hydroxylation is 1. The lowest BCUT2D eigenvalue weighted by Gasteiger charge is -2.47. The molecular formula is C31H42N4O2. The predicted octanol–water partition coefficient (Wildman–Crippen LogP) is 5.49. The van der Waals surface area contributed by atoms with Crippen LogP contribution in [0.3, 0.4) is 0 Å². The van der Waals surface area contributed by atoms with E-state index in [0.717, 1.165) is 63.0 Å². The molecule has 2 aliphatic heterocycles. The number of anilines is 1. The van der Waals surface area contributed by atoms with E-state index in [9.17, 15) is 9.59 Å². The van der Waals surface area contributed by atoms with Gasteiger partial charge in [-0.3, -0.25) is 14.6 Å². The number of carbonyl (C=O) groups is 2. The SMILES string of the molecule is CN(C(=O)CC(C)(C)C)C1CCc2ccc(C(=O)N3CCC4(CC3)CCN(c3ccncc3)CC4)cc21. The number of carbonyl (C=O) groups excluding carboxylic acids is 2. The van der Waals surface area contributed by atoms with Crippen LogP contribution in [0.2, 0.25) is 0 Å². The molecule has 1 aromatic heterocycles. The van der Waals surface area contributed by atoms with E-state index in [2.05, 4.69) is 59.8 Å². The lowest BCUT2D eigenvalue weighted by molar-refractivity contribution is -0.134.